The Hall–Kier alpha value is -5.82. The molecular formula is C38H32N4O2. The van der Waals surface area contributed by atoms with Crippen LogP contribution < -0.4 is 4.74 Å². The second kappa shape index (κ2) is 11.8. The Morgan fingerprint density at radius 3 is 1.80 bits per heavy atom. The smallest absolute Gasteiger partial charge is 0.120 e. The predicted octanol–water partition coefficient (Wildman–Crippen LogP) is 8.86. The zero-order chi connectivity index (χ0) is 32.4. The van der Waals surface area contributed by atoms with E-state index in [1.165, 1.54) is 12.2 Å². The summed E-state index contributed by atoms with van der Waals surface area (Å²) >= 11 is 0. The van der Waals surface area contributed by atoms with Crippen molar-refractivity contribution in [3.05, 3.63) is 119 Å². The van der Waals surface area contributed by atoms with Gasteiger partial charge in [0.25, 0.3) is 0 Å². The predicted molar refractivity (Wildman–Crippen MR) is 174 cm³/mol. The number of ether oxygens (including phenoxy) is 2. The van der Waals surface area contributed by atoms with E-state index in [4.69, 9.17) is 9.47 Å². The Morgan fingerprint density at radius 1 is 0.705 bits per heavy atom. The van der Waals surface area contributed by atoms with Crippen LogP contribution in [0.1, 0.15) is 69.4 Å². The quantitative estimate of drug-likeness (QED) is 0.193. The van der Waals surface area contributed by atoms with Gasteiger partial charge in [-0.1, -0.05) is 31.4 Å². The molecule has 2 aliphatic rings. The molecule has 0 saturated heterocycles. The van der Waals surface area contributed by atoms with Gasteiger partial charge in [-0.25, -0.2) is 0 Å². The summed E-state index contributed by atoms with van der Waals surface area (Å²) in [5.74, 6) is 1.12. The maximum Gasteiger partial charge on any atom is 0.120 e. The minimum atomic E-state index is -0.433. The number of nitrogens with zero attached hydrogens (tertiary/aromatic N) is 4. The van der Waals surface area contributed by atoms with E-state index in [0.29, 0.717) is 72.8 Å². The highest BCUT2D eigenvalue weighted by Crippen LogP contribution is 2.52. The lowest BCUT2D eigenvalue weighted by Gasteiger charge is -2.21. The van der Waals surface area contributed by atoms with Crippen LogP contribution in [0.4, 0.5) is 0 Å². The first-order chi connectivity index (χ1) is 20.7. The molecular weight excluding hydrogens is 544 g/mol. The number of benzene rings is 2. The zero-order valence-electron chi connectivity index (χ0n) is 25.8. The first kappa shape index (κ1) is 31.1. The fraction of sp³-hybridized carbons (Fsp3) is 0.211. The highest BCUT2D eigenvalue weighted by Gasteiger charge is 2.34. The third-order valence-electron chi connectivity index (χ3n) is 6.75. The van der Waals surface area contributed by atoms with Crippen molar-refractivity contribution in [3.8, 4) is 30.0 Å². The molecule has 216 valence electrons. The van der Waals surface area contributed by atoms with Crippen molar-refractivity contribution in [1.82, 2.24) is 0 Å². The molecule has 0 saturated carbocycles. The van der Waals surface area contributed by atoms with Gasteiger partial charge in [-0.05, 0) is 94.1 Å². The van der Waals surface area contributed by atoms with Crippen LogP contribution in [0.5, 0.6) is 5.75 Å². The number of allylic oxidation sites excluding steroid dienone is 11. The van der Waals surface area contributed by atoms with E-state index < -0.39 is 5.60 Å². The van der Waals surface area contributed by atoms with Gasteiger partial charge < -0.3 is 9.47 Å². The van der Waals surface area contributed by atoms with Gasteiger partial charge >= 0.3 is 0 Å². The molecule has 6 nitrogen and oxygen atoms in total. The van der Waals surface area contributed by atoms with E-state index in [1.807, 2.05) is 71.9 Å². The number of fused-ring (bicyclic) bond motifs is 2. The lowest BCUT2D eigenvalue weighted by Crippen LogP contribution is -2.22. The molecule has 2 aromatic rings. The summed E-state index contributed by atoms with van der Waals surface area (Å²) in [6.07, 6.45) is 6.20. The second-order valence-electron chi connectivity index (χ2n) is 12.3. The van der Waals surface area contributed by atoms with Crippen LogP contribution in [0, 0.1) is 45.3 Å². The van der Waals surface area contributed by atoms with Crippen molar-refractivity contribution in [2.75, 3.05) is 0 Å². The maximum atomic E-state index is 10.4. The molecule has 0 amide bonds. The third-order valence-corrected chi connectivity index (χ3v) is 6.75. The largest absolute Gasteiger partial charge is 0.489 e. The molecule has 0 aromatic heterocycles. The fourth-order valence-corrected chi connectivity index (χ4v) is 5.31. The van der Waals surface area contributed by atoms with Gasteiger partial charge in [0.15, 0.2) is 0 Å². The Labute approximate surface area is 259 Å². The van der Waals surface area contributed by atoms with Crippen LogP contribution in [0.15, 0.2) is 90.8 Å². The number of rotatable bonds is 6. The SMILES string of the molecule is C=C(/C=C\C(=C)C1=C(C#N)c2cc3c(cc2/C1=C/C#N)/C(=C/C#N)C(c1ccc(OC(C)(C)C)cc1)=C3C#N)OC(C)(C)C. The maximum absolute atomic E-state index is 10.4. The first-order valence-electron chi connectivity index (χ1n) is 14.0. The molecule has 0 spiro atoms. The summed E-state index contributed by atoms with van der Waals surface area (Å²) in [6.45, 7) is 19.8. The summed E-state index contributed by atoms with van der Waals surface area (Å²) in [6, 6.07) is 19.9. The molecule has 0 unspecified atom stereocenters. The summed E-state index contributed by atoms with van der Waals surface area (Å²) in [5, 5.41) is 40.2. The molecule has 2 aliphatic carbocycles. The molecule has 0 atom stereocenters. The van der Waals surface area contributed by atoms with Gasteiger partial charge in [0.05, 0.1) is 23.3 Å². The first-order valence-corrected chi connectivity index (χ1v) is 14.0. The van der Waals surface area contributed by atoms with Gasteiger partial charge in [0.1, 0.15) is 34.8 Å². The molecule has 0 bridgehead atoms. The Kier molecular flexibility index (Phi) is 8.36. The van der Waals surface area contributed by atoms with Crippen LogP contribution in [0.25, 0.3) is 27.9 Å². The lowest BCUT2D eigenvalue weighted by atomic mass is 9.92. The van der Waals surface area contributed by atoms with E-state index in [2.05, 4.69) is 37.4 Å². The van der Waals surface area contributed by atoms with Crippen molar-refractivity contribution in [3.63, 3.8) is 0 Å². The molecule has 4 rings (SSSR count). The zero-order valence-corrected chi connectivity index (χ0v) is 25.8. The van der Waals surface area contributed by atoms with Gasteiger partial charge in [-0.2, -0.15) is 21.0 Å². The Bertz CT molecular complexity index is 1920. The normalized spacial score (nSPS) is 15.9. The number of hydrogen-bond acceptors (Lipinski definition) is 6. The minimum Gasteiger partial charge on any atom is -0.489 e. The highest BCUT2D eigenvalue weighted by atomic mass is 16.5. The summed E-state index contributed by atoms with van der Waals surface area (Å²) in [4.78, 5) is 0. The molecule has 0 radical (unpaired) electrons. The third kappa shape index (κ3) is 6.17. The molecule has 0 aliphatic heterocycles. The second-order valence-corrected chi connectivity index (χ2v) is 12.3. The summed E-state index contributed by atoms with van der Waals surface area (Å²) in [5.41, 5.74) is 5.93. The van der Waals surface area contributed by atoms with Crippen LogP contribution in [0.3, 0.4) is 0 Å². The Balaban J connectivity index is 1.87. The topological polar surface area (TPSA) is 114 Å². The molecule has 0 heterocycles. The number of nitriles is 4. The monoisotopic (exact) mass is 576 g/mol. The van der Waals surface area contributed by atoms with Gasteiger partial charge in [0.2, 0.25) is 0 Å². The minimum absolute atomic E-state index is 0.335. The molecule has 0 N–H and O–H groups in total. The van der Waals surface area contributed by atoms with Gasteiger partial charge in [0, 0.05) is 45.6 Å². The van der Waals surface area contributed by atoms with Crippen molar-refractivity contribution >= 4 is 27.9 Å². The van der Waals surface area contributed by atoms with E-state index in [9.17, 15) is 21.0 Å². The molecule has 0 fully saturated rings. The summed E-state index contributed by atoms with van der Waals surface area (Å²) in [7, 11) is 0. The van der Waals surface area contributed by atoms with Crippen molar-refractivity contribution < 1.29 is 9.47 Å². The molecule has 6 heteroatoms. The van der Waals surface area contributed by atoms with Gasteiger partial charge in [-0.15, -0.1) is 0 Å². The van der Waals surface area contributed by atoms with Crippen LogP contribution >= 0.6 is 0 Å². The number of hydrogen-bond donors (Lipinski definition) is 0. The van der Waals surface area contributed by atoms with E-state index in [-0.39, 0.29) is 5.60 Å². The standard InChI is InChI=1S/C38H32N4O2/c1-23(9-10-24(2)43-37(3,4)5)35-27(15-17-39)29-19-30-28(16-18-40)36(25-11-13-26(14-12-25)44-38(6,7)8)34(22-42)32(30)20-31(29)33(35)21-41/h9-16,19-20H,1-2H2,3-8H3/b10-9-,27-15-,28-16-. The highest BCUT2D eigenvalue weighted by molar-refractivity contribution is 6.25. The van der Waals surface area contributed by atoms with Crippen molar-refractivity contribution in [1.29, 1.82) is 21.0 Å². The van der Waals surface area contributed by atoms with E-state index in [0.717, 1.165) is 5.56 Å². The average Bonchev–Trinajstić information content (AvgIpc) is 3.41. The molecule has 2 aromatic carbocycles. The average molecular weight is 577 g/mol. The van der Waals surface area contributed by atoms with Crippen LogP contribution in [0.2, 0.25) is 0 Å². The molecule has 44 heavy (non-hydrogen) atoms. The lowest BCUT2D eigenvalue weighted by molar-refractivity contribution is 0.0609. The fourth-order valence-electron chi connectivity index (χ4n) is 5.31. The Morgan fingerprint density at radius 2 is 1.25 bits per heavy atom. The van der Waals surface area contributed by atoms with Crippen molar-refractivity contribution in [2.45, 2.75) is 52.7 Å². The van der Waals surface area contributed by atoms with E-state index in [1.54, 1.807) is 18.2 Å². The van der Waals surface area contributed by atoms with Crippen LogP contribution in [-0.2, 0) is 4.74 Å². The van der Waals surface area contributed by atoms with Crippen molar-refractivity contribution in [2.24, 2.45) is 0 Å². The van der Waals surface area contributed by atoms with Gasteiger partial charge in [-0.3, -0.25) is 0 Å². The van der Waals surface area contributed by atoms with E-state index >= 15 is 0 Å². The summed E-state index contributed by atoms with van der Waals surface area (Å²) < 4.78 is 11.7. The van der Waals surface area contributed by atoms with Crippen LogP contribution in [-0.4, -0.2) is 11.2 Å².